The number of aromatic amines is 1. The summed E-state index contributed by atoms with van der Waals surface area (Å²) in [5, 5.41) is 11.7. The fraction of sp³-hybridized carbons (Fsp3) is 0.185. The van der Waals surface area contributed by atoms with Crippen LogP contribution in [0.1, 0.15) is 35.6 Å². The summed E-state index contributed by atoms with van der Waals surface area (Å²) < 4.78 is 47.5. The maximum Gasteiger partial charge on any atom is 0.436 e. The van der Waals surface area contributed by atoms with Gasteiger partial charge in [-0.25, -0.2) is 14.6 Å². The molecule has 4 aromatic heterocycles. The number of alkyl halides is 3. The van der Waals surface area contributed by atoms with E-state index >= 15 is 0 Å². The third-order valence-corrected chi connectivity index (χ3v) is 8.02. The van der Waals surface area contributed by atoms with Crippen molar-refractivity contribution in [1.82, 2.24) is 39.7 Å². The van der Waals surface area contributed by atoms with E-state index in [0.29, 0.717) is 39.0 Å². The van der Waals surface area contributed by atoms with Crippen molar-refractivity contribution in [2.24, 2.45) is 5.92 Å². The lowest BCUT2D eigenvalue weighted by molar-refractivity contribution is -0.141. The third-order valence-electron chi connectivity index (χ3n) is 7.79. The van der Waals surface area contributed by atoms with Crippen molar-refractivity contribution in [1.29, 1.82) is 0 Å². The molecule has 3 N–H and O–H groups in total. The van der Waals surface area contributed by atoms with Crippen molar-refractivity contribution in [3.05, 3.63) is 87.4 Å². The minimum Gasteiger partial charge on any atom is -0.380 e. The highest BCUT2D eigenvalue weighted by Gasteiger charge is 2.55. The summed E-state index contributed by atoms with van der Waals surface area (Å²) in [6.45, 7) is 0. The number of hydrogen-bond donors (Lipinski definition) is 2. The van der Waals surface area contributed by atoms with Gasteiger partial charge in [0.05, 0.1) is 40.9 Å². The van der Waals surface area contributed by atoms with E-state index in [0.717, 1.165) is 28.6 Å². The topological polar surface area (TPSA) is 146 Å². The van der Waals surface area contributed by atoms with Gasteiger partial charge in [0.1, 0.15) is 11.6 Å². The molecule has 3 atom stereocenters. The number of nitrogens with one attached hydrogen (secondary N) is 1. The molecule has 6 aromatic rings. The normalized spacial score (nSPS) is 19.3. The van der Waals surface area contributed by atoms with Crippen LogP contribution in [0.2, 0.25) is 5.02 Å². The van der Waals surface area contributed by atoms with Gasteiger partial charge in [0.15, 0.2) is 17.1 Å². The summed E-state index contributed by atoms with van der Waals surface area (Å²) in [6.07, 6.45) is -1.33. The van der Waals surface area contributed by atoms with Gasteiger partial charge in [-0.2, -0.15) is 13.2 Å². The van der Waals surface area contributed by atoms with Crippen LogP contribution in [-0.4, -0.2) is 39.7 Å². The minimum absolute atomic E-state index is 0.0498. The highest BCUT2D eigenvalue weighted by atomic mass is 35.5. The molecule has 0 saturated heterocycles. The molecule has 210 valence electrons. The first-order valence-electron chi connectivity index (χ1n) is 12.8. The van der Waals surface area contributed by atoms with E-state index in [-0.39, 0.29) is 34.8 Å². The number of nitrogen functional groups attached to an aromatic ring is 1. The number of fused-ring (bicyclic) bond motifs is 4. The second kappa shape index (κ2) is 8.52. The molecule has 3 unspecified atom stereocenters. The highest BCUT2D eigenvalue weighted by Crippen LogP contribution is 2.60. The Hall–Kier alpha value is -4.98. The van der Waals surface area contributed by atoms with Crippen LogP contribution in [0, 0.1) is 5.92 Å². The van der Waals surface area contributed by atoms with Crippen LogP contribution in [0.15, 0.2) is 64.2 Å². The average Bonchev–Trinajstić information content (AvgIpc) is 3.37. The molecule has 0 amide bonds. The van der Waals surface area contributed by atoms with Crippen LogP contribution in [0.4, 0.5) is 19.0 Å². The Bertz CT molecular complexity index is 2110. The van der Waals surface area contributed by atoms with E-state index in [1.54, 1.807) is 22.9 Å². The van der Waals surface area contributed by atoms with Gasteiger partial charge >= 0.3 is 6.18 Å². The van der Waals surface area contributed by atoms with Crippen LogP contribution in [0.5, 0.6) is 0 Å². The van der Waals surface area contributed by atoms with Gasteiger partial charge in [-0.15, -0.1) is 5.10 Å². The zero-order valence-corrected chi connectivity index (χ0v) is 21.9. The Morgan fingerprint density at radius 2 is 2.00 bits per heavy atom. The van der Waals surface area contributed by atoms with Crippen molar-refractivity contribution in [2.75, 3.05) is 5.73 Å². The van der Waals surface area contributed by atoms with Gasteiger partial charge in [-0.1, -0.05) is 28.0 Å². The molecule has 2 aliphatic rings. The molecule has 5 heterocycles. The highest BCUT2D eigenvalue weighted by molar-refractivity contribution is 6.31. The van der Waals surface area contributed by atoms with Gasteiger partial charge in [-0.05, 0) is 42.7 Å². The van der Waals surface area contributed by atoms with E-state index in [1.165, 1.54) is 18.2 Å². The SMILES string of the molecule is Nc1noc2cc(-c3ncc(C4C5CC5c5nc(-c6cc(Cl)ccc6-n6cc(C(F)(F)F)nn6)cc(=O)n54)[nH]3)ccc12. The number of H-pyrrole nitrogens is 1. The lowest BCUT2D eigenvalue weighted by Crippen LogP contribution is -2.27. The smallest absolute Gasteiger partial charge is 0.380 e. The van der Waals surface area contributed by atoms with Crippen LogP contribution >= 0.6 is 11.6 Å². The number of benzene rings is 2. The van der Waals surface area contributed by atoms with Crippen LogP contribution in [0.3, 0.4) is 0 Å². The molecule has 11 nitrogen and oxygen atoms in total. The molecular weight excluding hydrogens is 575 g/mol. The zero-order valence-electron chi connectivity index (χ0n) is 21.2. The zero-order chi connectivity index (χ0) is 28.9. The molecule has 2 aromatic carbocycles. The number of nitrogens with zero attached hydrogens (tertiary/aromatic N) is 7. The molecule has 42 heavy (non-hydrogen) atoms. The predicted octanol–water partition coefficient (Wildman–Crippen LogP) is 4.98. The van der Waals surface area contributed by atoms with Gasteiger partial charge < -0.3 is 15.2 Å². The molecule has 0 radical (unpaired) electrons. The van der Waals surface area contributed by atoms with E-state index in [1.807, 2.05) is 12.1 Å². The van der Waals surface area contributed by atoms with E-state index in [4.69, 9.17) is 26.8 Å². The van der Waals surface area contributed by atoms with Crippen molar-refractivity contribution in [2.45, 2.75) is 24.6 Å². The predicted molar refractivity (Wildman–Crippen MR) is 144 cm³/mol. The molecule has 15 heteroatoms. The molecule has 1 aliphatic carbocycles. The third kappa shape index (κ3) is 3.75. The van der Waals surface area contributed by atoms with Gasteiger partial charge in [0, 0.05) is 28.1 Å². The number of aromatic nitrogens is 8. The lowest BCUT2D eigenvalue weighted by atomic mass is 10.1. The number of halogens is 4. The van der Waals surface area contributed by atoms with Gasteiger partial charge in [0.2, 0.25) is 0 Å². The van der Waals surface area contributed by atoms with E-state index in [9.17, 15) is 18.0 Å². The average molecular weight is 592 g/mol. The van der Waals surface area contributed by atoms with Crippen LogP contribution < -0.4 is 11.3 Å². The number of hydrogen-bond acceptors (Lipinski definition) is 8. The molecule has 1 saturated carbocycles. The van der Waals surface area contributed by atoms with Crippen LogP contribution in [0.25, 0.3) is 39.3 Å². The number of anilines is 1. The molecular formula is C27H17ClF3N9O2. The lowest BCUT2D eigenvalue weighted by Gasteiger charge is -2.17. The molecule has 0 bridgehead atoms. The first-order valence-corrected chi connectivity index (χ1v) is 13.2. The number of nitrogens with two attached hydrogens (primary N) is 1. The first kappa shape index (κ1) is 24.8. The summed E-state index contributed by atoms with van der Waals surface area (Å²) >= 11 is 6.25. The van der Waals surface area contributed by atoms with E-state index in [2.05, 4.69) is 25.4 Å². The first-order chi connectivity index (χ1) is 20.2. The van der Waals surface area contributed by atoms with Crippen molar-refractivity contribution in [3.8, 4) is 28.3 Å². The van der Waals surface area contributed by atoms with Crippen molar-refractivity contribution >= 4 is 28.4 Å². The summed E-state index contributed by atoms with van der Waals surface area (Å²) in [5.74, 6) is 1.70. The summed E-state index contributed by atoms with van der Waals surface area (Å²) in [4.78, 5) is 26.3. The second-order valence-corrected chi connectivity index (χ2v) is 10.8. The van der Waals surface area contributed by atoms with Crippen molar-refractivity contribution < 1.29 is 17.7 Å². The quantitative estimate of drug-likeness (QED) is 0.292. The maximum absolute atomic E-state index is 13.6. The van der Waals surface area contributed by atoms with E-state index < -0.39 is 11.9 Å². The Balaban J connectivity index is 1.18. The molecule has 8 rings (SSSR count). The fourth-order valence-electron chi connectivity index (χ4n) is 5.77. The standard InChI is InChI=1S/C27H17ClF3N9O2/c28-12-2-4-19(39-10-21(36-38-39)27(29,30)31)16(6-12)17-8-22(41)40-23(14-7-15(14)26(40)35-17)18-9-33-25(34-18)11-1-3-13-20(5-11)42-37-24(13)32/h1-6,8-10,14-15,23H,7H2,(H2,32,37)(H,33,34). The molecule has 1 aliphatic heterocycles. The number of rotatable bonds is 4. The Labute approximate surface area is 237 Å². The fourth-order valence-corrected chi connectivity index (χ4v) is 5.94. The van der Waals surface area contributed by atoms with Gasteiger partial charge in [-0.3, -0.25) is 9.36 Å². The Morgan fingerprint density at radius 3 is 2.81 bits per heavy atom. The largest absolute Gasteiger partial charge is 0.436 e. The Kier molecular flexibility index (Phi) is 5.03. The second-order valence-electron chi connectivity index (χ2n) is 10.3. The summed E-state index contributed by atoms with van der Waals surface area (Å²) in [5.41, 5.74) is 7.33. The summed E-state index contributed by atoms with van der Waals surface area (Å²) in [6, 6.07) is 11.1. The Morgan fingerprint density at radius 1 is 1.14 bits per heavy atom. The van der Waals surface area contributed by atoms with Gasteiger partial charge in [0.25, 0.3) is 5.56 Å². The van der Waals surface area contributed by atoms with Crippen LogP contribution in [-0.2, 0) is 6.18 Å². The summed E-state index contributed by atoms with van der Waals surface area (Å²) in [7, 11) is 0. The minimum atomic E-state index is -4.66. The monoisotopic (exact) mass is 591 g/mol. The molecule has 1 fully saturated rings. The van der Waals surface area contributed by atoms with Crippen molar-refractivity contribution in [3.63, 3.8) is 0 Å². The number of imidazole rings is 1. The molecule has 0 spiro atoms. The maximum atomic E-state index is 13.6.